The highest BCUT2D eigenvalue weighted by atomic mass is 35.5. The van der Waals surface area contributed by atoms with Gasteiger partial charge in [0.15, 0.2) is 0 Å². The van der Waals surface area contributed by atoms with Crippen molar-refractivity contribution < 1.29 is 16.8 Å². The Bertz CT molecular complexity index is 777. The first-order chi connectivity index (χ1) is 9.63. The van der Waals surface area contributed by atoms with Crippen LogP contribution in [0.2, 0.25) is 5.02 Å². The third-order valence-corrected chi connectivity index (χ3v) is 5.01. The van der Waals surface area contributed by atoms with Gasteiger partial charge < -0.3 is 5.73 Å². The van der Waals surface area contributed by atoms with Crippen molar-refractivity contribution in [1.82, 2.24) is 0 Å². The molecule has 1 aromatic rings. The molecule has 0 amide bonds. The van der Waals surface area contributed by atoms with Gasteiger partial charge in [-0.1, -0.05) is 23.4 Å². The first-order valence-corrected chi connectivity index (χ1v) is 9.89. The minimum Gasteiger partial charge on any atom is -0.320 e. The minimum atomic E-state index is -3.80. The quantitative estimate of drug-likeness (QED) is 0.749. The van der Waals surface area contributed by atoms with Gasteiger partial charge in [0.25, 0.3) is 0 Å². The number of halogens is 1. The average molecular weight is 351 g/mol. The van der Waals surface area contributed by atoms with E-state index in [4.69, 9.17) is 17.3 Å². The maximum absolute atomic E-state index is 11.9. The summed E-state index contributed by atoms with van der Waals surface area (Å²) in [7, 11) is -7.16. The Balaban J connectivity index is 3.01. The van der Waals surface area contributed by atoms with Crippen molar-refractivity contribution in [1.29, 1.82) is 0 Å². The standard InChI is InChI=1S/C12H15ClN2O4S2/c1-20(16,17)7-8-21(18,19)15-12-5-4-11(13)9-10(12)3-2-6-14/h4-5,9,15H,6-8,14H2,1H3. The fraction of sp³-hybridized carbons (Fsp3) is 0.333. The second-order valence-corrected chi connectivity index (χ2v) is 8.78. The summed E-state index contributed by atoms with van der Waals surface area (Å²) >= 11 is 5.83. The summed E-state index contributed by atoms with van der Waals surface area (Å²) in [5, 5.41) is 0.399. The molecule has 0 unspecified atom stereocenters. The van der Waals surface area contributed by atoms with Gasteiger partial charge in [-0.15, -0.1) is 0 Å². The molecule has 0 saturated heterocycles. The maximum Gasteiger partial charge on any atom is 0.233 e. The molecule has 0 bridgehead atoms. The first-order valence-electron chi connectivity index (χ1n) is 5.80. The Morgan fingerprint density at radius 2 is 1.90 bits per heavy atom. The molecular weight excluding hydrogens is 336 g/mol. The Kier molecular flexibility index (Phi) is 6.04. The zero-order valence-corrected chi connectivity index (χ0v) is 13.6. The number of hydrogen-bond donors (Lipinski definition) is 2. The third kappa shape index (κ3) is 6.82. The summed E-state index contributed by atoms with van der Waals surface area (Å²) < 4.78 is 48.1. The molecule has 0 saturated carbocycles. The van der Waals surface area contributed by atoms with Crippen molar-refractivity contribution in [3.63, 3.8) is 0 Å². The van der Waals surface area contributed by atoms with E-state index in [1.54, 1.807) is 0 Å². The summed E-state index contributed by atoms with van der Waals surface area (Å²) in [6.07, 6.45) is 0.975. The Labute approximate surface area is 129 Å². The molecular formula is C12H15ClN2O4S2. The van der Waals surface area contributed by atoms with E-state index in [0.717, 1.165) is 6.26 Å². The third-order valence-electron chi connectivity index (χ3n) is 2.30. The van der Waals surface area contributed by atoms with E-state index in [0.29, 0.717) is 10.6 Å². The number of anilines is 1. The zero-order valence-electron chi connectivity index (χ0n) is 11.3. The van der Waals surface area contributed by atoms with Gasteiger partial charge in [0, 0.05) is 11.3 Å². The molecule has 3 N–H and O–H groups in total. The first kappa shape index (κ1) is 17.8. The van der Waals surface area contributed by atoms with E-state index >= 15 is 0 Å². The lowest BCUT2D eigenvalue weighted by Crippen LogP contribution is -2.22. The summed E-state index contributed by atoms with van der Waals surface area (Å²) in [6, 6.07) is 4.46. The van der Waals surface area contributed by atoms with Crippen molar-refractivity contribution in [2.45, 2.75) is 0 Å². The summed E-state index contributed by atoms with van der Waals surface area (Å²) in [4.78, 5) is 0. The molecule has 0 fully saturated rings. The van der Waals surface area contributed by atoms with Crippen LogP contribution in [0.5, 0.6) is 0 Å². The minimum absolute atomic E-state index is 0.118. The normalized spacial score (nSPS) is 11.6. The smallest absolute Gasteiger partial charge is 0.233 e. The molecule has 21 heavy (non-hydrogen) atoms. The Morgan fingerprint density at radius 1 is 1.24 bits per heavy atom. The van der Waals surface area contributed by atoms with Crippen LogP contribution >= 0.6 is 11.6 Å². The van der Waals surface area contributed by atoms with Crippen molar-refractivity contribution in [3.05, 3.63) is 28.8 Å². The van der Waals surface area contributed by atoms with Gasteiger partial charge >= 0.3 is 0 Å². The van der Waals surface area contributed by atoms with Crippen molar-refractivity contribution in [3.8, 4) is 11.8 Å². The number of benzene rings is 1. The molecule has 6 nitrogen and oxygen atoms in total. The lowest BCUT2D eigenvalue weighted by Gasteiger charge is -2.09. The molecule has 0 aromatic heterocycles. The molecule has 116 valence electrons. The van der Waals surface area contributed by atoms with Crippen molar-refractivity contribution in [2.24, 2.45) is 5.73 Å². The summed E-state index contributed by atoms with van der Waals surface area (Å²) in [5.74, 6) is 4.32. The molecule has 1 rings (SSSR count). The maximum atomic E-state index is 11.9. The van der Waals surface area contributed by atoms with E-state index in [2.05, 4.69) is 16.6 Å². The van der Waals surface area contributed by atoms with E-state index in [9.17, 15) is 16.8 Å². The number of nitrogens with two attached hydrogens (primary N) is 1. The van der Waals surface area contributed by atoms with Gasteiger partial charge in [-0.25, -0.2) is 16.8 Å². The molecule has 0 aliphatic carbocycles. The van der Waals surface area contributed by atoms with Crippen LogP contribution < -0.4 is 10.5 Å². The molecule has 0 radical (unpaired) electrons. The highest BCUT2D eigenvalue weighted by molar-refractivity contribution is 7.95. The predicted octanol–water partition coefficient (Wildman–Crippen LogP) is 0.436. The van der Waals surface area contributed by atoms with Crippen LogP contribution in [0.1, 0.15) is 5.56 Å². The second kappa shape index (κ2) is 7.13. The number of sulfonamides is 1. The van der Waals surface area contributed by atoms with Crippen LogP contribution in [0, 0.1) is 11.8 Å². The fourth-order valence-corrected chi connectivity index (χ4v) is 4.21. The summed E-state index contributed by atoms with van der Waals surface area (Å²) in [6.45, 7) is 0.118. The highest BCUT2D eigenvalue weighted by Crippen LogP contribution is 2.21. The van der Waals surface area contributed by atoms with Gasteiger partial charge in [0.2, 0.25) is 10.0 Å². The highest BCUT2D eigenvalue weighted by Gasteiger charge is 2.16. The number of rotatable bonds is 5. The van der Waals surface area contributed by atoms with Gasteiger partial charge in [0.05, 0.1) is 29.3 Å². The Hall–Kier alpha value is -1.27. The lowest BCUT2D eigenvalue weighted by molar-refractivity contribution is 0.593. The van der Waals surface area contributed by atoms with Crippen LogP contribution in [0.25, 0.3) is 0 Å². The number of hydrogen-bond acceptors (Lipinski definition) is 5. The second-order valence-electron chi connectivity index (χ2n) is 4.25. The van der Waals surface area contributed by atoms with Gasteiger partial charge in [-0.05, 0) is 18.2 Å². The van der Waals surface area contributed by atoms with Crippen molar-refractivity contribution >= 4 is 37.1 Å². The number of nitrogens with one attached hydrogen (secondary N) is 1. The monoisotopic (exact) mass is 350 g/mol. The van der Waals surface area contributed by atoms with Gasteiger partial charge in [-0.3, -0.25) is 4.72 Å². The van der Waals surface area contributed by atoms with Gasteiger partial charge in [-0.2, -0.15) is 0 Å². The van der Waals surface area contributed by atoms with Crippen LogP contribution in [-0.2, 0) is 19.9 Å². The Morgan fingerprint density at radius 3 is 2.48 bits per heavy atom. The van der Waals surface area contributed by atoms with Crippen molar-refractivity contribution in [2.75, 3.05) is 29.0 Å². The molecule has 0 heterocycles. The molecule has 9 heteroatoms. The molecule has 0 spiro atoms. The lowest BCUT2D eigenvalue weighted by atomic mass is 10.2. The van der Waals surface area contributed by atoms with Crippen LogP contribution in [0.3, 0.4) is 0 Å². The summed E-state index contributed by atoms with van der Waals surface area (Å²) in [5.41, 5.74) is 5.88. The van der Waals surface area contributed by atoms with E-state index in [-0.39, 0.29) is 12.2 Å². The number of sulfone groups is 1. The van der Waals surface area contributed by atoms with Gasteiger partial charge in [0.1, 0.15) is 9.84 Å². The largest absolute Gasteiger partial charge is 0.320 e. The zero-order chi connectivity index (χ0) is 16.1. The fourth-order valence-electron chi connectivity index (χ4n) is 1.33. The van der Waals surface area contributed by atoms with E-state index in [1.807, 2.05) is 0 Å². The SMILES string of the molecule is CS(=O)(=O)CCS(=O)(=O)Nc1ccc(Cl)cc1C#CCN. The molecule has 0 aliphatic heterocycles. The van der Waals surface area contributed by atoms with Crippen LogP contribution in [-0.4, -0.2) is 41.1 Å². The van der Waals surface area contributed by atoms with E-state index in [1.165, 1.54) is 18.2 Å². The molecule has 0 atom stereocenters. The average Bonchev–Trinajstić information content (AvgIpc) is 2.36. The molecule has 0 aliphatic rings. The van der Waals surface area contributed by atoms with Crippen LogP contribution in [0.15, 0.2) is 18.2 Å². The van der Waals surface area contributed by atoms with Crippen LogP contribution in [0.4, 0.5) is 5.69 Å². The van der Waals surface area contributed by atoms with E-state index < -0.39 is 31.4 Å². The topological polar surface area (TPSA) is 106 Å². The molecule has 1 aromatic carbocycles. The predicted molar refractivity (Wildman–Crippen MR) is 84.5 cm³/mol.